The van der Waals surface area contributed by atoms with Crippen LogP contribution in [0.25, 0.3) is 0 Å². The minimum Gasteiger partial charge on any atom is -0.374 e. The Kier molecular flexibility index (Phi) is 3.65. The summed E-state index contributed by atoms with van der Waals surface area (Å²) in [5, 5.41) is 0. The highest BCUT2D eigenvalue weighted by Crippen LogP contribution is 2.79. The van der Waals surface area contributed by atoms with Crippen LogP contribution in [-0.4, -0.2) is 18.0 Å². The molecule has 5 fully saturated rings. The Bertz CT molecular complexity index is 686. The molecule has 2 heteroatoms. The molecule has 1 saturated heterocycles. The Morgan fingerprint density at radius 1 is 1.19 bits per heavy atom. The molecule has 1 aliphatic heterocycles. The van der Waals surface area contributed by atoms with Gasteiger partial charge in [-0.25, -0.2) is 0 Å². The molecular formula is C25H36O2. The Morgan fingerprint density at radius 2 is 2.07 bits per heavy atom. The molecule has 148 valence electrons. The van der Waals surface area contributed by atoms with Gasteiger partial charge in [0.15, 0.2) is 5.78 Å². The van der Waals surface area contributed by atoms with Gasteiger partial charge in [-0.3, -0.25) is 4.79 Å². The number of carbonyl (C=O) groups is 1. The predicted molar refractivity (Wildman–Crippen MR) is 106 cm³/mol. The molecule has 6 unspecified atom stereocenters. The van der Waals surface area contributed by atoms with Crippen LogP contribution < -0.4 is 0 Å². The number of carbonyl (C=O) groups excluding carboxylic acids is 1. The van der Waals surface area contributed by atoms with Gasteiger partial charge in [0.2, 0.25) is 0 Å². The fraction of sp³-hybridized carbons (Fsp3) is 0.880. The van der Waals surface area contributed by atoms with Gasteiger partial charge in [-0.05, 0) is 98.9 Å². The topological polar surface area (TPSA) is 26.3 Å². The van der Waals surface area contributed by atoms with E-state index in [1.165, 1.54) is 51.4 Å². The largest absolute Gasteiger partial charge is 0.374 e. The van der Waals surface area contributed by atoms with Crippen LogP contribution in [0.4, 0.5) is 0 Å². The van der Waals surface area contributed by atoms with Crippen molar-refractivity contribution < 1.29 is 9.53 Å². The summed E-state index contributed by atoms with van der Waals surface area (Å²) in [5.74, 6) is 6.43. The molecule has 9 atom stereocenters. The lowest BCUT2D eigenvalue weighted by Gasteiger charge is -2.60. The fourth-order valence-corrected chi connectivity index (χ4v) is 9.72. The summed E-state index contributed by atoms with van der Waals surface area (Å²) in [6.45, 7) is 5.91. The summed E-state index contributed by atoms with van der Waals surface area (Å²) in [6.07, 6.45) is 14.7. The molecule has 0 radical (unpaired) electrons. The molecule has 2 nitrogen and oxygen atoms in total. The molecule has 6 rings (SSSR count). The van der Waals surface area contributed by atoms with Crippen molar-refractivity contribution in [3.63, 3.8) is 0 Å². The van der Waals surface area contributed by atoms with Crippen LogP contribution in [0.15, 0.2) is 11.6 Å². The van der Waals surface area contributed by atoms with Crippen LogP contribution in [0.2, 0.25) is 0 Å². The molecule has 0 aromatic carbocycles. The molecule has 4 saturated carbocycles. The molecule has 0 aromatic heterocycles. The van der Waals surface area contributed by atoms with Crippen molar-refractivity contribution in [1.82, 2.24) is 0 Å². The first-order valence-electron chi connectivity index (χ1n) is 12.0. The average molecular weight is 369 g/mol. The highest BCUT2D eigenvalue weighted by Gasteiger charge is 2.78. The molecule has 0 bridgehead atoms. The quantitative estimate of drug-likeness (QED) is 0.638. The number of rotatable bonds is 2. The molecule has 27 heavy (non-hydrogen) atoms. The summed E-state index contributed by atoms with van der Waals surface area (Å²) in [7, 11) is 0. The molecule has 0 amide bonds. The predicted octanol–water partition coefficient (Wildman–Crippen LogP) is 5.56. The van der Waals surface area contributed by atoms with E-state index in [1.807, 2.05) is 0 Å². The van der Waals surface area contributed by atoms with E-state index in [9.17, 15) is 4.79 Å². The van der Waals surface area contributed by atoms with Crippen molar-refractivity contribution >= 4 is 5.78 Å². The van der Waals surface area contributed by atoms with E-state index >= 15 is 0 Å². The molecule has 1 heterocycles. The summed E-state index contributed by atoms with van der Waals surface area (Å²) in [5.41, 5.74) is 2.26. The van der Waals surface area contributed by atoms with E-state index in [2.05, 4.69) is 19.9 Å². The number of ether oxygens (including phenoxy) is 1. The molecule has 0 N–H and O–H groups in total. The standard InChI is InChI=1S/C25H36O2/c1-3-15-12-16-13-17(26)6-7-18(16)19-8-10-24(4-2)23(22(15)19)20-14-21(20)25(24)9-5-11-27-25/h13,15,18-23H,3-12,14H2,1-2H3/t15?,18-,19?,20?,21?,22?,23?,24-,25-/m0/s1. The van der Waals surface area contributed by atoms with Crippen LogP contribution in [-0.2, 0) is 9.53 Å². The van der Waals surface area contributed by atoms with Crippen molar-refractivity contribution in [3.05, 3.63) is 11.6 Å². The summed E-state index contributed by atoms with van der Waals surface area (Å²) >= 11 is 0. The van der Waals surface area contributed by atoms with Gasteiger partial charge in [0.1, 0.15) is 0 Å². The average Bonchev–Trinajstić information content (AvgIpc) is 3.26. The third-order valence-corrected chi connectivity index (χ3v) is 10.5. The van der Waals surface area contributed by atoms with Crippen LogP contribution in [0.5, 0.6) is 0 Å². The fourth-order valence-electron chi connectivity index (χ4n) is 9.72. The normalized spacial score (nSPS) is 55.6. The maximum Gasteiger partial charge on any atom is 0.155 e. The smallest absolute Gasteiger partial charge is 0.155 e. The van der Waals surface area contributed by atoms with Gasteiger partial charge in [-0.1, -0.05) is 25.8 Å². The zero-order valence-electron chi connectivity index (χ0n) is 17.2. The van der Waals surface area contributed by atoms with E-state index in [-0.39, 0.29) is 5.60 Å². The van der Waals surface area contributed by atoms with Crippen LogP contribution in [0.3, 0.4) is 0 Å². The summed E-state index contributed by atoms with van der Waals surface area (Å²) in [4.78, 5) is 12.1. The van der Waals surface area contributed by atoms with Crippen molar-refractivity contribution in [2.24, 2.45) is 46.8 Å². The Labute approximate surface area is 164 Å². The maximum atomic E-state index is 12.1. The Hall–Kier alpha value is -0.630. The number of fused-ring (bicyclic) bond motifs is 9. The lowest BCUT2D eigenvalue weighted by atomic mass is 9.45. The van der Waals surface area contributed by atoms with Crippen molar-refractivity contribution in [3.8, 4) is 0 Å². The minimum absolute atomic E-state index is 0.249. The number of allylic oxidation sites excluding steroid dienone is 1. The minimum atomic E-state index is 0.249. The first-order valence-corrected chi connectivity index (χ1v) is 12.0. The summed E-state index contributed by atoms with van der Waals surface area (Å²) in [6, 6.07) is 0. The van der Waals surface area contributed by atoms with Gasteiger partial charge in [0.05, 0.1) is 5.60 Å². The van der Waals surface area contributed by atoms with Gasteiger partial charge in [0, 0.05) is 18.4 Å². The van der Waals surface area contributed by atoms with Crippen LogP contribution in [0, 0.1) is 46.8 Å². The zero-order valence-corrected chi connectivity index (χ0v) is 17.2. The maximum absolute atomic E-state index is 12.1. The monoisotopic (exact) mass is 368 g/mol. The molecule has 5 aliphatic carbocycles. The second-order valence-electron chi connectivity index (χ2n) is 10.9. The van der Waals surface area contributed by atoms with Gasteiger partial charge >= 0.3 is 0 Å². The first kappa shape index (κ1) is 17.2. The van der Waals surface area contributed by atoms with Gasteiger partial charge in [0.25, 0.3) is 0 Å². The third kappa shape index (κ3) is 1.99. The molecule has 6 aliphatic rings. The number of ketones is 1. The highest BCUT2D eigenvalue weighted by molar-refractivity contribution is 5.91. The van der Waals surface area contributed by atoms with Crippen molar-refractivity contribution in [2.45, 2.75) is 83.7 Å². The molecule has 1 spiro atoms. The van der Waals surface area contributed by atoms with Crippen molar-refractivity contribution in [2.75, 3.05) is 6.61 Å². The van der Waals surface area contributed by atoms with E-state index in [4.69, 9.17) is 4.74 Å². The first-order chi connectivity index (χ1) is 13.1. The van der Waals surface area contributed by atoms with E-state index in [0.717, 1.165) is 60.9 Å². The SMILES string of the molecule is CCC1CC2=CC(=O)CC[C@@H]2C2CC[C@@]3(CC)C(C4CC4[C@@]34CCCO4)C12. The Balaban J connectivity index is 1.43. The second kappa shape index (κ2) is 5.71. The van der Waals surface area contributed by atoms with E-state index in [1.54, 1.807) is 5.57 Å². The molecular weight excluding hydrogens is 332 g/mol. The highest BCUT2D eigenvalue weighted by atomic mass is 16.5. The van der Waals surface area contributed by atoms with E-state index in [0.29, 0.717) is 11.2 Å². The summed E-state index contributed by atoms with van der Waals surface area (Å²) < 4.78 is 6.73. The van der Waals surface area contributed by atoms with Crippen molar-refractivity contribution in [1.29, 1.82) is 0 Å². The van der Waals surface area contributed by atoms with E-state index < -0.39 is 0 Å². The zero-order chi connectivity index (χ0) is 18.4. The number of hydrogen-bond acceptors (Lipinski definition) is 2. The lowest BCUT2D eigenvalue weighted by Crippen LogP contribution is -2.57. The second-order valence-corrected chi connectivity index (χ2v) is 10.9. The lowest BCUT2D eigenvalue weighted by molar-refractivity contribution is -0.166. The van der Waals surface area contributed by atoms with Crippen LogP contribution >= 0.6 is 0 Å². The third-order valence-electron chi connectivity index (χ3n) is 10.5. The Morgan fingerprint density at radius 3 is 2.81 bits per heavy atom. The van der Waals surface area contributed by atoms with Crippen LogP contribution in [0.1, 0.15) is 78.1 Å². The van der Waals surface area contributed by atoms with Gasteiger partial charge in [-0.2, -0.15) is 0 Å². The number of hydrogen-bond donors (Lipinski definition) is 0. The van der Waals surface area contributed by atoms with Gasteiger partial charge < -0.3 is 4.74 Å². The molecule has 0 aromatic rings. The van der Waals surface area contributed by atoms with Gasteiger partial charge in [-0.15, -0.1) is 0 Å².